The summed E-state index contributed by atoms with van der Waals surface area (Å²) >= 11 is -6.86. The Hall–Kier alpha value is 5.20. The molecular formula is C6H13K3NO6S3+. The van der Waals surface area contributed by atoms with Gasteiger partial charge in [0, 0.05) is 5.75 Å². The van der Waals surface area contributed by atoms with Crippen LogP contribution in [0.3, 0.4) is 0 Å². The molecule has 5 atom stereocenters. The number of hydrogen-bond acceptors (Lipinski definition) is 7. The van der Waals surface area contributed by atoms with Gasteiger partial charge in [-0.1, -0.05) is 6.92 Å². The summed E-state index contributed by atoms with van der Waals surface area (Å²) in [6.45, 7) is 4.03. The molecule has 0 bridgehead atoms. The molecule has 0 amide bonds. The maximum Gasteiger partial charge on any atom is 1.00 e. The molecule has 0 N–H and O–H groups in total. The molecule has 19 heavy (non-hydrogen) atoms. The zero-order valence-corrected chi connectivity index (χ0v) is 23.8. The van der Waals surface area contributed by atoms with E-state index in [1.807, 2.05) is 0 Å². The summed E-state index contributed by atoms with van der Waals surface area (Å²) in [5.41, 5.74) is 0. The first-order chi connectivity index (χ1) is 7.31. The summed E-state index contributed by atoms with van der Waals surface area (Å²) in [5.74, 6) is 0.132. The van der Waals surface area contributed by atoms with Gasteiger partial charge in [0.1, 0.15) is 0 Å². The summed E-state index contributed by atoms with van der Waals surface area (Å²) in [4.78, 5) is 0. The molecule has 0 spiro atoms. The maximum atomic E-state index is 11.1. The van der Waals surface area contributed by atoms with E-state index in [0.717, 1.165) is 0 Å². The standard InChI is InChI=1S/C6H15NO6S3.3K/c1-4-14(8)13-7(5(2)15(9)10)6(3)16(11)12;;;/h5-6H,4H2,1-3H3,(H,9,10)(H,11,12);;;/q;3*+1/p-2. The average Bonchev–Trinajstić information content (AvgIpc) is 2.23. The van der Waals surface area contributed by atoms with Crippen molar-refractivity contribution in [2.75, 3.05) is 5.75 Å². The summed E-state index contributed by atoms with van der Waals surface area (Å²) in [6, 6.07) is 0. The summed E-state index contributed by atoms with van der Waals surface area (Å²) in [5, 5.41) is -1.72. The minimum atomic E-state index is -2.55. The molecule has 0 aromatic heterocycles. The van der Waals surface area contributed by atoms with Crippen molar-refractivity contribution in [2.45, 2.75) is 31.5 Å². The van der Waals surface area contributed by atoms with E-state index >= 15 is 0 Å². The maximum absolute atomic E-state index is 11.1. The minimum absolute atomic E-state index is 0. The molecule has 0 heterocycles. The third kappa shape index (κ3) is 14.1. The fraction of sp³-hybridized carbons (Fsp3) is 1.00. The van der Waals surface area contributed by atoms with Crippen LogP contribution in [-0.2, 0) is 37.5 Å². The molecule has 7 nitrogen and oxygen atoms in total. The van der Waals surface area contributed by atoms with E-state index in [-0.39, 0.29) is 160 Å². The van der Waals surface area contributed by atoms with Crippen molar-refractivity contribution >= 4 is 33.2 Å². The summed E-state index contributed by atoms with van der Waals surface area (Å²) in [6.07, 6.45) is 0. The third-order valence-electron chi connectivity index (χ3n) is 1.68. The number of nitrogens with zero attached hydrogens (tertiary/aromatic N) is 1. The van der Waals surface area contributed by atoms with Gasteiger partial charge in [-0.15, -0.1) is 5.06 Å². The second-order valence-electron chi connectivity index (χ2n) is 2.75. The van der Waals surface area contributed by atoms with Crippen LogP contribution < -0.4 is 154 Å². The largest absolute Gasteiger partial charge is 1.00 e. The normalized spacial score (nSPS) is 18.0. The van der Waals surface area contributed by atoms with Crippen LogP contribution in [0.5, 0.6) is 0 Å². The Morgan fingerprint density at radius 3 is 1.53 bits per heavy atom. The molecule has 0 aliphatic carbocycles. The molecule has 0 saturated carbocycles. The molecule has 0 aliphatic heterocycles. The van der Waals surface area contributed by atoms with Crippen molar-refractivity contribution in [1.82, 2.24) is 5.06 Å². The Labute approximate surface area is 248 Å². The number of hydrogen-bond donors (Lipinski definition) is 0. The van der Waals surface area contributed by atoms with Crippen LogP contribution in [0.1, 0.15) is 20.8 Å². The van der Waals surface area contributed by atoms with Crippen molar-refractivity contribution in [3.8, 4) is 0 Å². The van der Waals surface area contributed by atoms with E-state index in [0.29, 0.717) is 5.06 Å². The molecule has 0 aromatic carbocycles. The summed E-state index contributed by atoms with van der Waals surface area (Å²) < 4.78 is 58.8. The van der Waals surface area contributed by atoms with Gasteiger partial charge in [0.05, 0.1) is 10.7 Å². The van der Waals surface area contributed by atoms with E-state index < -0.39 is 44.0 Å². The molecule has 0 aliphatic rings. The van der Waals surface area contributed by atoms with Crippen molar-refractivity contribution < 1.29 is 180 Å². The van der Waals surface area contributed by atoms with Gasteiger partial charge < -0.3 is 9.11 Å². The van der Waals surface area contributed by atoms with E-state index in [1.165, 1.54) is 13.8 Å². The number of hydroxylamine groups is 2. The quantitative estimate of drug-likeness (QED) is 0.234. The van der Waals surface area contributed by atoms with Gasteiger partial charge in [-0.25, -0.2) is 4.21 Å². The Kier molecular flexibility index (Phi) is 30.2. The van der Waals surface area contributed by atoms with Crippen LogP contribution in [0.25, 0.3) is 0 Å². The average molecular weight is 409 g/mol. The molecule has 13 heteroatoms. The van der Waals surface area contributed by atoms with Crippen molar-refractivity contribution in [1.29, 1.82) is 0 Å². The summed E-state index contributed by atoms with van der Waals surface area (Å²) in [7, 11) is 0. The van der Waals surface area contributed by atoms with Gasteiger partial charge in [0.15, 0.2) is 11.1 Å². The topological polar surface area (TPSA) is 110 Å². The third-order valence-corrected chi connectivity index (χ3v) is 4.02. The van der Waals surface area contributed by atoms with Crippen LogP contribution in [0.4, 0.5) is 0 Å². The van der Waals surface area contributed by atoms with E-state index in [1.54, 1.807) is 6.92 Å². The fourth-order valence-corrected chi connectivity index (χ4v) is 2.27. The van der Waals surface area contributed by atoms with E-state index in [2.05, 4.69) is 0 Å². The van der Waals surface area contributed by atoms with Gasteiger partial charge in [0.2, 0.25) is 0 Å². The van der Waals surface area contributed by atoms with Crippen LogP contribution in [0.15, 0.2) is 0 Å². The SMILES string of the molecule is CCS(=O)ON(C(C)S(=O)[O-])C(C)S(=O)[O-].[K+].[K+].[K+]. The Balaban J connectivity index is -0.000000375. The predicted molar refractivity (Wildman–Crippen MR) is 58.4 cm³/mol. The van der Waals surface area contributed by atoms with Crippen LogP contribution in [0, 0.1) is 0 Å². The van der Waals surface area contributed by atoms with Crippen molar-refractivity contribution in [3.05, 3.63) is 0 Å². The molecule has 5 unspecified atom stereocenters. The van der Waals surface area contributed by atoms with Gasteiger partial charge in [-0.2, -0.15) is 4.28 Å². The minimum Gasteiger partial charge on any atom is -0.771 e. The van der Waals surface area contributed by atoms with Gasteiger partial charge in [-0.05, 0) is 36.0 Å². The molecule has 0 saturated heterocycles. The monoisotopic (exact) mass is 408 g/mol. The van der Waals surface area contributed by atoms with E-state index in [9.17, 15) is 21.7 Å². The van der Waals surface area contributed by atoms with Crippen LogP contribution >= 0.6 is 0 Å². The first-order valence-electron chi connectivity index (χ1n) is 4.32. The van der Waals surface area contributed by atoms with Crippen LogP contribution in [-0.4, -0.2) is 43.3 Å². The number of rotatable bonds is 7. The van der Waals surface area contributed by atoms with E-state index in [4.69, 9.17) is 4.28 Å². The predicted octanol–water partition coefficient (Wildman–Crippen LogP) is -9.63. The second-order valence-corrected chi connectivity index (χ2v) is 6.49. The van der Waals surface area contributed by atoms with Crippen molar-refractivity contribution in [3.63, 3.8) is 0 Å². The molecule has 0 fully saturated rings. The Morgan fingerprint density at radius 2 is 1.32 bits per heavy atom. The molecule has 98 valence electrons. The fourth-order valence-electron chi connectivity index (χ4n) is 0.735. The molecule has 0 radical (unpaired) electrons. The van der Waals surface area contributed by atoms with Gasteiger partial charge >= 0.3 is 154 Å². The first kappa shape index (κ1) is 31.9. The smallest absolute Gasteiger partial charge is 0.771 e. The molecule has 0 aromatic rings. The zero-order chi connectivity index (χ0) is 12.9. The Morgan fingerprint density at radius 1 is 1.00 bits per heavy atom. The molecule has 0 rings (SSSR count). The Bertz CT molecular complexity index is 290. The van der Waals surface area contributed by atoms with Crippen LogP contribution in [0.2, 0.25) is 0 Å². The zero-order valence-electron chi connectivity index (χ0n) is 12.0. The second kappa shape index (κ2) is 18.0. The van der Waals surface area contributed by atoms with Gasteiger partial charge in [0.25, 0.3) is 0 Å². The van der Waals surface area contributed by atoms with Crippen molar-refractivity contribution in [2.24, 2.45) is 0 Å². The van der Waals surface area contributed by atoms with Gasteiger partial charge in [-0.3, -0.25) is 8.42 Å². The first-order valence-corrected chi connectivity index (χ1v) is 7.84. The molecular weight excluding hydrogens is 396 g/mol.